The number of nitrogens with one attached hydrogen (secondary N) is 1. The van der Waals surface area contributed by atoms with Gasteiger partial charge in [0.2, 0.25) is 5.82 Å². The molecule has 2 rings (SSSR count). The van der Waals surface area contributed by atoms with Gasteiger partial charge >= 0.3 is 5.82 Å². The van der Waals surface area contributed by atoms with E-state index in [0.717, 1.165) is 0 Å². The molecule has 0 atom stereocenters. The normalized spacial score (nSPS) is 11.9. The molecule has 0 aliphatic heterocycles. The van der Waals surface area contributed by atoms with Crippen LogP contribution in [-0.4, -0.2) is 43.3 Å². The van der Waals surface area contributed by atoms with Gasteiger partial charge in [0.25, 0.3) is 4.96 Å². The zero-order valence-electron chi connectivity index (χ0n) is 10.2. The van der Waals surface area contributed by atoms with Gasteiger partial charge in [0.1, 0.15) is 6.20 Å². The second-order valence-corrected chi connectivity index (χ2v) is 5.04. The minimum absolute atomic E-state index is 0.0572. The highest BCUT2D eigenvalue weighted by molar-refractivity contribution is 7.15. The number of anilines is 1. The summed E-state index contributed by atoms with van der Waals surface area (Å²) in [4.78, 5) is 15.2. The predicted octanol–water partition coefficient (Wildman–Crippen LogP) is 0.849. The molecule has 8 nitrogen and oxygen atoms in total. The first kappa shape index (κ1) is 13.7. The quantitative estimate of drug-likeness (QED) is 0.536. The monoisotopic (exact) mass is 286 g/mol. The molecule has 3 N–H and O–H groups in total. The van der Waals surface area contributed by atoms with E-state index in [1.165, 1.54) is 15.7 Å². The number of aromatic nitrogens is 2. The number of rotatable bonds is 6. The van der Waals surface area contributed by atoms with E-state index in [0.29, 0.717) is 11.4 Å². The second-order valence-electron chi connectivity index (χ2n) is 4.17. The van der Waals surface area contributed by atoms with Crippen LogP contribution in [0.4, 0.5) is 11.6 Å². The molecule has 2 aromatic heterocycles. The summed E-state index contributed by atoms with van der Waals surface area (Å²) in [7, 11) is 0. The van der Waals surface area contributed by atoms with Crippen molar-refractivity contribution in [2.45, 2.75) is 18.9 Å². The maximum Gasteiger partial charge on any atom is 0.372 e. The Morgan fingerprint density at radius 1 is 1.58 bits per heavy atom. The second kappa shape index (κ2) is 5.11. The van der Waals surface area contributed by atoms with Crippen LogP contribution in [0.25, 0.3) is 4.96 Å². The fourth-order valence-corrected chi connectivity index (χ4v) is 2.43. The lowest BCUT2D eigenvalue weighted by Crippen LogP contribution is -2.45. The van der Waals surface area contributed by atoms with Crippen LogP contribution < -0.4 is 5.32 Å². The summed E-state index contributed by atoms with van der Waals surface area (Å²) in [5, 5.41) is 34.4. The maximum atomic E-state index is 11.1. The highest BCUT2D eigenvalue weighted by Gasteiger charge is 2.32. The van der Waals surface area contributed by atoms with Crippen molar-refractivity contribution < 1.29 is 15.1 Å². The molecule has 0 aliphatic rings. The van der Waals surface area contributed by atoms with Crippen molar-refractivity contribution in [1.82, 2.24) is 9.38 Å². The number of hydrogen-bond acceptors (Lipinski definition) is 7. The first-order valence-corrected chi connectivity index (χ1v) is 6.54. The first-order chi connectivity index (χ1) is 9.06. The zero-order chi connectivity index (χ0) is 14.0. The molecule has 2 heterocycles. The Morgan fingerprint density at radius 2 is 2.26 bits per heavy atom. The number of imidazole rings is 1. The zero-order valence-corrected chi connectivity index (χ0v) is 11.1. The highest BCUT2D eigenvalue weighted by Crippen LogP contribution is 2.30. The van der Waals surface area contributed by atoms with Crippen LogP contribution in [0.15, 0.2) is 11.6 Å². The summed E-state index contributed by atoms with van der Waals surface area (Å²) in [6.07, 6.45) is 1.96. The number of aliphatic hydroxyl groups excluding tert-OH is 2. The van der Waals surface area contributed by atoms with Gasteiger partial charge in [-0.25, -0.2) is 0 Å². The predicted molar refractivity (Wildman–Crippen MR) is 70.5 cm³/mol. The molecule has 0 fully saturated rings. The summed E-state index contributed by atoms with van der Waals surface area (Å²) in [6, 6.07) is 0. The summed E-state index contributed by atoms with van der Waals surface area (Å²) >= 11 is 1.27. The number of nitro groups is 1. The van der Waals surface area contributed by atoms with E-state index in [1.807, 2.05) is 0 Å². The summed E-state index contributed by atoms with van der Waals surface area (Å²) in [5.74, 6) is -0.141. The number of nitrogens with zero attached hydrogens (tertiary/aromatic N) is 3. The molecule has 0 amide bonds. The van der Waals surface area contributed by atoms with Crippen molar-refractivity contribution in [2.24, 2.45) is 0 Å². The van der Waals surface area contributed by atoms with Gasteiger partial charge < -0.3 is 25.6 Å². The number of thiazole rings is 1. The molecule has 0 aliphatic carbocycles. The fraction of sp³-hybridized carbons (Fsp3) is 0.500. The molecule has 0 spiro atoms. The van der Waals surface area contributed by atoms with E-state index in [2.05, 4.69) is 10.3 Å². The van der Waals surface area contributed by atoms with Gasteiger partial charge in [-0.05, 0) is 11.3 Å². The summed E-state index contributed by atoms with van der Waals surface area (Å²) in [6.45, 7) is 1.08. The van der Waals surface area contributed by atoms with Crippen molar-refractivity contribution in [3.8, 4) is 0 Å². The highest BCUT2D eigenvalue weighted by atomic mass is 32.1. The number of hydrogen-bond donors (Lipinski definition) is 3. The Hall–Kier alpha value is -1.71. The van der Waals surface area contributed by atoms with Crippen LogP contribution in [0.5, 0.6) is 0 Å². The van der Waals surface area contributed by atoms with Crippen LogP contribution in [-0.2, 0) is 0 Å². The molecule has 0 saturated carbocycles. The van der Waals surface area contributed by atoms with Crippen molar-refractivity contribution in [2.75, 3.05) is 18.5 Å². The Morgan fingerprint density at radius 3 is 2.79 bits per heavy atom. The van der Waals surface area contributed by atoms with E-state index >= 15 is 0 Å². The summed E-state index contributed by atoms with van der Waals surface area (Å²) in [5.41, 5.74) is -1.02. The Labute approximate surface area is 112 Å². The van der Waals surface area contributed by atoms with E-state index in [-0.39, 0.29) is 24.8 Å². The molecule has 9 heteroatoms. The molecule has 2 aromatic rings. The number of fused-ring (bicyclic) bond motifs is 1. The third-order valence-electron chi connectivity index (χ3n) is 3.08. The molecular weight excluding hydrogens is 272 g/mol. The van der Waals surface area contributed by atoms with Crippen molar-refractivity contribution >= 4 is 27.9 Å². The van der Waals surface area contributed by atoms with Gasteiger partial charge in [-0.2, -0.15) is 9.38 Å². The smallest absolute Gasteiger partial charge is 0.372 e. The fourth-order valence-electron chi connectivity index (χ4n) is 1.72. The minimum atomic E-state index is -1.02. The van der Waals surface area contributed by atoms with Gasteiger partial charge in [0.05, 0.1) is 18.8 Å². The molecular formula is C10H14N4O4S. The third-order valence-corrected chi connectivity index (χ3v) is 3.83. The molecule has 0 radical (unpaired) electrons. The van der Waals surface area contributed by atoms with Crippen molar-refractivity contribution in [3.05, 3.63) is 21.7 Å². The van der Waals surface area contributed by atoms with Crippen molar-refractivity contribution in [3.63, 3.8) is 0 Å². The molecule has 19 heavy (non-hydrogen) atoms. The topological polar surface area (TPSA) is 113 Å². The first-order valence-electron chi connectivity index (χ1n) is 5.66. The average molecular weight is 286 g/mol. The van der Waals surface area contributed by atoms with Gasteiger partial charge in [0.15, 0.2) is 0 Å². The minimum Gasteiger partial charge on any atom is -0.394 e. The standard InChI is InChI=1S/C10H14N4O4S/c1-2-10(5-15,6-16)12-7-8(14(17)18)13-3-4-19-9(13)11-7/h3-4,12,15-16H,2,5-6H2,1H3. The SMILES string of the molecule is CCC(CO)(CO)Nc1nc2sccn2c1[N+](=O)[O-]. The maximum absolute atomic E-state index is 11.1. The van der Waals surface area contributed by atoms with Crippen LogP contribution in [0.1, 0.15) is 13.3 Å². The summed E-state index contributed by atoms with van der Waals surface area (Å²) < 4.78 is 1.36. The van der Waals surface area contributed by atoms with Crippen LogP contribution in [0.2, 0.25) is 0 Å². The van der Waals surface area contributed by atoms with Gasteiger partial charge in [-0.1, -0.05) is 18.3 Å². The Kier molecular flexibility index (Phi) is 3.69. The molecule has 0 bridgehead atoms. The van der Waals surface area contributed by atoms with E-state index in [1.54, 1.807) is 18.5 Å². The molecule has 0 saturated heterocycles. The lowest BCUT2D eigenvalue weighted by atomic mass is 9.99. The molecule has 104 valence electrons. The van der Waals surface area contributed by atoms with E-state index in [9.17, 15) is 20.3 Å². The lowest BCUT2D eigenvalue weighted by molar-refractivity contribution is -0.389. The Bertz CT molecular complexity index is 581. The van der Waals surface area contributed by atoms with Crippen LogP contribution in [0, 0.1) is 10.1 Å². The van der Waals surface area contributed by atoms with Crippen LogP contribution >= 0.6 is 11.3 Å². The Balaban J connectivity index is 2.47. The third kappa shape index (κ3) is 2.27. The largest absolute Gasteiger partial charge is 0.394 e. The lowest BCUT2D eigenvalue weighted by Gasteiger charge is -2.29. The average Bonchev–Trinajstić information content (AvgIpc) is 2.95. The molecule has 0 unspecified atom stereocenters. The van der Waals surface area contributed by atoms with Gasteiger partial charge in [-0.15, -0.1) is 0 Å². The van der Waals surface area contributed by atoms with E-state index < -0.39 is 10.5 Å². The van der Waals surface area contributed by atoms with E-state index in [4.69, 9.17) is 0 Å². The van der Waals surface area contributed by atoms with Crippen molar-refractivity contribution in [1.29, 1.82) is 0 Å². The van der Waals surface area contributed by atoms with Gasteiger partial charge in [-0.3, -0.25) is 0 Å². The van der Waals surface area contributed by atoms with Gasteiger partial charge in [0, 0.05) is 5.38 Å². The molecule has 0 aromatic carbocycles. The van der Waals surface area contributed by atoms with Crippen LogP contribution in [0.3, 0.4) is 0 Å². The number of aliphatic hydroxyl groups is 2.